The Balaban J connectivity index is 4.57. The van der Waals surface area contributed by atoms with Gasteiger partial charge in [-0.2, -0.15) is 5.26 Å². The van der Waals surface area contributed by atoms with Crippen molar-refractivity contribution in [3.63, 3.8) is 0 Å². The van der Waals surface area contributed by atoms with Gasteiger partial charge in [-0.15, -0.1) is 0 Å². The molecule has 8 heteroatoms. The summed E-state index contributed by atoms with van der Waals surface area (Å²) < 4.78 is 0.417. The van der Waals surface area contributed by atoms with Crippen molar-refractivity contribution in [1.29, 1.82) is 5.26 Å². The minimum atomic E-state index is -0.751. The van der Waals surface area contributed by atoms with E-state index in [-0.39, 0.29) is 10.8 Å². The molecule has 0 spiro atoms. The Morgan fingerprint density at radius 2 is 2.05 bits per heavy atom. The second-order valence-electron chi connectivity index (χ2n) is 3.95. The van der Waals surface area contributed by atoms with E-state index in [1.165, 1.54) is 30.0 Å². The van der Waals surface area contributed by atoms with E-state index >= 15 is 0 Å². The van der Waals surface area contributed by atoms with Crippen LogP contribution >= 0.6 is 23.7 Å². The van der Waals surface area contributed by atoms with E-state index in [2.05, 4.69) is 9.99 Å². The fourth-order valence-electron chi connectivity index (χ4n) is 0.867. The number of thioether (sulfide) groups is 1. The third-order valence-electron chi connectivity index (χ3n) is 1.68. The standard InChI is InChI=1S/C11H17N3O3S2/c1-6-18-9(8(2)15)13-17-10(16)14(5)19-11(3,4)7-12/h6H2,1-5H3. The first-order valence-electron chi connectivity index (χ1n) is 5.50. The molecule has 0 bridgehead atoms. The number of carbonyl (C=O) groups is 2. The molecule has 0 rings (SSSR count). The van der Waals surface area contributed by atoms with Crippen molar-refractivity contribution >= 4 is 40.6 Å². The zero-order chi connectivity index (χ0) is 15.1. The van der Waals surface area contributed by atoms with Crippen molar-refractivity contribution in [2.24, 2.45) is 5.16 Å². The Bertz CT molecular complexity index is 416. The first kappa shape index (κ1) is 17.8. The summed E-state index contributed by atoms with van der Waals surface area (Å²) >= 11 is 2.22. The van der Waals surface area contributed by atoms with Gasteiger partial charge < -0.3 is 0 Å². The molecule has 0 saturated heterocycles. The van der Waals surface area contributed by atoms with Crippen LogP contribution in [0.3, 0.4) is 0 Å². The lowest BCUT2D eigenvalue weighted by atomic mass is 10.2. The molecule has 0 fully saturated rings. The zero-order valence-electron chi connectivity index (χ0n) is 11.6. The zero-order valence-corrected chi connectivity index (χ0v) is 13.2. The Kier molecular flexibility index (Phi) is 7.56. The highest BCUT2D eigenvalue weighted by molar-refractivity contribution is 8.15. The van der Waals surface area contributed by atoms with Gasteiger partial charge in [-0.3, -0.25) is 13.9 Å². The van der Waals surface area contributed by atoms with Gasteiger partial charge in [0.25, 0.3) is 0 Å². The maximum absolute atomic E-state index is 11.6. The summed E-state index contributed by atoms with van der Waals surface area (Å²) in [6.45, 7) is 6.58. The van der Waals surface area contributed by atoms with Gasteiger partial charge in [0, 0.05) is 14.0 Å². The van der Waals surface area contributed by atoms with Crippen LogP contribution in [0, 0.1) is 11.3 Å². The first-order valence-corrected chi connectivity index (χ1v) is 7.26. The van der Waals surface area contributed by atoms with Crippen molar-refractivity contribution in [2.45, 2.75) is 32.4 Å². The molecule has 6 nitrogen and oxygen atoms in total. The van der Waals surface area contributed by atoms with Gasteiger partial charge in [0.2, 0.25) is 0 Å². The van der Waals surface area contributed by atoms with Gasteiger partial charge in [-0.05, 0) is 31.5 Å². The van der Waals surface area contributed by atoms with Gasteiger partial charge in [-0.25, -0.2) is 4.79 Å². The minimum Gasteiger partial charge on any atom is -0.296 e. The first-order chi connectivity index (χ1) is 8.73. The monoisotopic (exact) mass is 303 g/mol. The summed E-state index contributed by atoms with van der Waals surface area (Å²) in [6, 6.07) is 2.05. The fraction of sp³-hybridized carbons (Fsp3) is 0.636. The maximum Gasteiger partial charge on any atom is 0.445 e. The van der Waals surface area contributed by atoms with Crippen LogP contribution in [0.25, 0.3) is 0 Å². The van der Waals surface area contributed by atoms with Gasteiger partial charge in [0.05, 0.1) is 6.07 Å². The van der Waals surface area contributed by atoms with Crippen LogP contribution in [0.15, 0.2) is 5.16 Å². The van der Waals surface area contributed by atoms with Crippen molar-refractivity contribution < 1.29 is 14.4 Å². The topological polar surface area (TPSA) is 82.8 Å². The largest absolute Gasteiger partial charge is 0.445 e. The average Bonchev–Trinajstić information content (AvgIpc) is 2.33. The third kappa shape index (κ3) is 7.08. The summed E-state index contributed by atoms with van der Waals surface area (Å²) in [7, 11) is 1.47. The Hall–Kier alpha value is -1.20. The van der Waals surface area contributed by atoms with Crippen LogP contribution < -0.4 is 0 Å². The van der Waals surface area contributed by atoms with E-state index in [1.54, 1.807) is 13.8 Å². The second-order valence-corrected chi connectivity index (χ2v) is 6.96. The lowest BCUT2D eigenvalue weighted by Gasteiger charge is -2.21. The Morgan fingerprint density at radius 3 is 2.47 bits per heavy atom. The van der Waals surface area contributed by atoms with Crippen LogP contribution in [0.1, 0.15) is 27.7 Å². The van der Waals surface area contributed by atoms with Gasteiger partial charge >= 0.3 is 6.09 Å². The maximum atomic E-state index is 11.6. The van der Waals surface area contributed by atoms with Crippen LogP contribution in [0.2, 0.25) is 0 Å². The van der Waals surface area contributed by atoms with E-state index < -0.39 is 10.8 Å². The second kappa shape index (κ2) is 8.07. The van der Waals surface area contributed by atoms with Crippen molar-refractivity contribution in [1.82, 2.24) is 4.31 Å². The number of Topliss-reactive ketones (excluding diaryl/α,β-unsaturated/α-hetero) is 1. The molecule has 0 N–H and O–H groups in total. The number of hydrogen-bond donors (Lipinski definition) is 0. The number of carbonyl (C=O) groups excluding carboxylic acids is 2. The predicted octanol–water partition coefficient (Wildman–Crippen LogP) is 2.66. The van der Waals surface area contributed by atoms with Crippen molar-refractivity contribution in [3.8, 4) is 6.07 Å². The van der Waals surface area contributed by atoms with E-state index in [4.69, 9.17) is 5.26 Å². The van der Waals surface area contributed by atoms with Crippen LogP contribution in [0.4, 0.5) is 4.79 Å². The number of nitriles is 1. The summed E-state index contributed by atoms with van der Waals surface area (Å²) in [5, 5.41) is 12.5. The number of amides is 1. The number of hydrogen-bond acceptors (Lipinski definition) is 7. The molecule has 0 saturated carbocycles. The lowest BCUT2D eigenvalue weighted by molar-refractivity contribution is -0.110. The molecule has 0 aromatic rings. The minimum absolute atomic E-state index is 0.147. The molecule has 0 aliphatic carbocycles. The summed E-state index contributed by atoms with van der Waals surface area (Å²) in [5.41, 5.74) is 0. The third-order valence-corrected chi connectivity index (χ3v) is 3.58. The van der Waals surface area contributed by atoms with E-state index in [9.17, 15) is 9.59 Å². The predicted molar refractivity (Wildman–Crippen MR) is 77.8 cm³/mol. The number of nitrogens with zero attached hydrogens (tertiary/aromatic N) is 3. The molecule has 0 heterocycles. The highest BCUT2D eigenvalue weighted by atomic mass is 32.2. The van der Waals surface area contributed by atoms with Crippen molar-refractivity contribution in [3.05, 3.63) is 0 Å². The molecule has 0 atom stereocenters. The van der Waals surface area contributed by atoms with Crippen LogP contribution in [-0.2, 0) is 9.63 Å². The lowest BCUT2D eigenvalue weighted by Crippen LogP contribution is -2.26. The van der Waals surface area contributed by atoms with Gasteiger partial charge in [0.1, 0.15) is 4.75 Å². The highest BCUT2D eigenvalue weighted by Crippen LogP contribution is 2.26. The SMILES string of the molecule is CCSC(=NOC(=O)N(C)SC(C)(C)C#N)C(C)=O. The highest BCUT2D eigenvalue weighted by Gasteiger charge is 2.24. The molecule has 0 unspecified atom stereocenters. The number of ketones is 1. The normalized spacial score (nSPS) is 11.7. The average molecular weight is 303 g/mol. The molecule has 0 aromatic carbocycles. The summed E-state index contributed by atoms with van der Waals surface area (Å²) in [4.78, 5) is 27.5. The number of oxime groups is 1. The quantitative estimate of drug-likeness (QED) is 0.255. The van der Waals surface area contributed by atoms with E-state index in [0.29, 0.717) is 5.75 Å². The molecular formula is C11H17N3O3S2. The molecule has 106 valence electrons. The van der Waals surface area contributed by atoms with Gasteiger partial charge in [0.15, 0.2) is 10.8 Å². The van der Waals surface area contributed by atoms with E-state index in [1.807, 2.05) is 13.0 Å². The fourth-order valence-corrected chi connectivity index (χ4v) is 2.27. The van der Waals surface area contributed by atoms with Gasteiger partial charge in [-0.1, -0.05) is 23.8 Å². The smallest absolute Gasteiger partial charge is 0.296 e. The summed E-state index contributed by atoms with van der Waals surface area (Å²) in [6.07, 6.45) is -0.733. The van der Waals surface area contributed by atoms with Crippen molar-refractivity contribution in [2.75, 3.05) is 12.8 Å². The molecule has 0 aliphatic rings. The Morgan fingerprint density at radius 1 is 1.47 bits per heavy atom. The molecule has 1 amide bonds. The molecule has 0 aromatic heterocycles. The molecule has 0 aliphatic heterocycles. The van der Waals surface area contributed by atoms with E-state index in [0.717, 1.165) is 11.9 Å². The van der Waals surface area contributed by atoms with Crippen LogP contribution in [0.5, 0.6) is 0 Å². The molecule has 0 radical (unpaired) electrons. The number of rotatable bonds is 5. The van der Waals surface area contributed by atoms with Crippen LogP contribution in [-0.4, -0.2) is 38.8 Å². The summed E-state index contributed by atoms with van der Waals surface area (Å²) in [5.74, 6) is 0.398. The molecular weight excluding hydrogens is 286 g/mol. The Labute approximate surface area is 121 Å². The molecule has 19 heavy (non-hydrogen) atoms.